The first-order valence-corrected chi connectivity index (χ1v) is 9.16. The Bertz CT molecular complexity index is 762. The molecular formula is C20H20Cl2N2O. The lowest BCUT2D eigenvalue weighted by molar-refractivity contribution is -0.137. The number of allylic oxidation sites excluding steroid dienone is 2. The molecule has 5 heteroatoms. The fourth-order valence-corrected chi connectivity index (χ4v) is 3.35. The first-order valence-electron chi connectivity index (χ1n) is 8.41. The maximum absolute atomic E-state index is 13.1. The molecule has 1 aliphatic rings. The number of nitrogens with zero attached hydrogens (tertiary/aromatic N) is 2. The molecule has 3 rings (SSSR count). The zero-order valence-corrected chi connectivity index (χ0v) is 15.4. The molecule has 1 aliphatic carbocycles. The van der Waals surface area contributed by atoms with Crippen LogP contribution in [0.3, 0.4) is 0 Å². The number of carbonyl (C=O) groups excluding carboxylic acids is 1. The first kappa shape index (κ1) is 18.0. The Labute approximate surface area is 158 Å². The van der Waals surface area contributed by atoms with Gasteiger partial charge in [0.05, 0.1) is 22.3 Å². The molecule has 1 unspecified atom stereocenters. The van der Waals surface area contributed by atoms with Gasteiger partial charge in [-0.3, -0.25) is 9.78 Å². The third-order valence-corrected chi connectivity index (χ3v) is 5.11. The van der Waals surface area contributed by atoms with Gasteiger partial charge in [-0.1, -0.05) is 47.5 Å². The maximum atomic E-state index is 13.1. The van der Waals surface area contributed by atoms with Crippen molar-refractivity contribution in [3.8, 4) is 0 Å². The smallest absolute Gasteiger partial charge is 0.226 e. The van der Waals surface area contributed by atoms with Crippen LogP contribution in [0.15, 0.2) is 54.7 Å². The minimum atomic E-state index is 0.0384. The van der Waals surface area contributed by atoms with E-state index < -0.39 is 0 Å². The summed E-state index contributed by atoms with van der Waals surface area (Å²) in [6.07, 6.45) is 8.66. The fraction of sp³-hybridized carbons (Fsp3) is 0.300. The monoisotopic (exact) mass is 374 g/mol. The van der Waals surface area contributed by atoms with E-state index in [9.17, 15) is 4.79 Å². The van der Waals surface area contributed by atoms with E-state index in [4.69, 9.17) is 23.2 Å². The molecule has 0 radical (unpaired) electrons. The zero-order chi connectivity index (χ0) is 17.6. The van der Waals surface area contributed by atoms with Crippen molar-refractivity contribution in [1.29, 1.82) is 0 Å². The summed E-state index contributed by atoms with van der Waals surface area (Å²) in [5.41, 5.74) is 1.84. The molecule has 1 heterocycles. The average molecular weight is 375 g/mol. The summed E-state index contributed by atoms with van der Waals surface area (Å²) in [7, 11) is 0. The summed E-state index contributed by atoms with van der Waals surface area (Å²) in [6, 6.07) is 11.3. The van der Waals surface area contributed by atoms with E-state index in [2.05, 4.69) is 17.1 Å². The second-order valence-electron chi connectivity index (χ2n) is 6.25. The topological polar surface area (TPSA) is 33.2 Å². The van der Waals surface area contributed by atoms with Crippen LogP contribution in [0.4, 0.5) is 0 Å². The van der Waals surface area contributed by atoms with Crippen molar-refractivity contribution in [3.05, 3.63) is 76.0 Å². The number of rotatable bonds is 5. The van der Waals surface area contributed by atoms with Crippen molar-refractivity contribution in [2.45, 2.75) is 32.4 Å². The second-order valence-corrected chi connectivity index (χ2v) is 7.06. The number of carbonyl (C=O) groups is 1. The van der Waals surface area contributed by atoms with Crippen molar-refractivity contribution in [2.75, 3.05) is 0 Å². The molecule has 0 fully saturated rings. The molecule has 3 nitrogen and oxygen atoms in total. The molecule has 2 aromatic rings. The highest BCUT2D eigenvalue weighted by atomic mass is 35.5. The molecule has 1 amide bonds. The van der Waals surface area contributed by atoms with Gasteiger partial charge in [-0.05, 0) is 49.1 Å². The Morgan fingerprint density at radius 3 is 2.68 bits per heavy atom. The van der Waals surface area contributed by atoms with E-state index in [-0.39, 0.29) is 11.8 Å². The minimum absolute atomic E-state index is 0.0384. The zero-order valence-electron chi connectivity index (χ0n) is 13.9. The Morgan fingerprint density at radius 2 is 2.00 bits per heavy atom. The molecule has 0 aliphatic heterocycles. The van der Waals surface area contributed by atoms with Crippen LogP contribution in [0.5, 0.6) is 0 Å². The standard InChI is InChI=1S/C20H20Cl2N2O/c21-18-10-9-15(12-19(18)22)13-24(14-17-8-4-5-11-23-17)20(25)16-6-2-1-3-7-16/h1-2,4-5,8-12,16H,3,6-7,13-14H2. The normalized spacial score (nSPS) is 16.6. The summed E-state index contributed by atoms with van der Waals surface area (Å²) in [4.78, 5) is 19.3. The molecular weight excluding hydrogens is 355 g/mol. The molecule has 0 saturated heterocycles. The molecule has 25 heavy (non-hydrogen) atoms. The number of hydrogen-bond acceptors (Lipinski definition) is 2. The Balaban J connectivity index is 1.81. The minimum Gasteiger partial charge on any atom is -0.332 e. The first-order chi connectivity index (χ1) is 12.1. The quantitative estimate of drug-likeness (QED) is 0.667. The molecule has 0 spiro atoms. The predicted molar refractivity (Wildman–Crippen MR) is 101 cm³/mol. The molecule has 1 aromatic carbocycles. The van der Waals surface area contributed by atoms with Gasteiger partial charge in [0.15, 0.2) is 0 Å². The van der Waals surface area contributed by atoms with Crippen molar-refractivity contribution in [3.63, 3.8) is 0 Å². The third-order valence-electron chi connectivity index (χ3n) is 4.37. The van der Waals surface area contributed by atoms with Gasteiger partial charge in [0.2, 0.25) is 5.91 Å². The van der Waals surface area contributed by atoms with E-state index in [1.165, 1.54) is 0 Å². The number of aromatic nitrogens is 1. The van der Waals surface area contributed by atoms with Gasteiger partial charge in [0, 0.05) is 18.7 Å². The summed E-state index contributed by atoms with van der Waals surface area (Å²) in [5, 5.41) is 1.02. The van der Waals surface area contributed by atoms with Gasteiger partial charge in [-0.2, -0.15) is 0 Å². The van der Waals surface area contributed by atoms with Crippen LogP contribution in [0.1, 0.15) is 30.5 Å². The van der Waals surface area contributed by atoms with E-state index >= 15 is 0 Å². The largest absolute Gasteiger partial charge is 0.332 e. The SMILES string of the molecule is O=C(C1CC=CCC1)N(Cc1ccc(Cl)c(Cl)c1)Cc1ccccn1. The lowest BCUT2D eigenvalue weighted by atomic mass is 9.93. The fourth-order valence-electron chi connectivity index (χ4n) is 3.03. The van der Waals surface area contributed by atoms with Crippen molar-refractivity contribution in [2.24, 2.45) is 5.92 Å². The third kappa shape index (κ3) is 4.83. The molecule has 0 bridgehead atoms. The van der Waals surface area contributed by atoms with Crippen LogP contribution in [-0.4, -0.2) is 15.8 Å². The molecule has 1 atom stereocenters. The lowest BCUT2D eigenvalue weighted by Gasteiger charge is -2.28. The molecule has 0 N–H and O–H groups in total. The lowest BCUT2D eigenvalue weighted by Crippen LogP contribution is -2.36. The van der Waals surface area contributed by atoms with Crippen molar-refractivity contribution < 1.29 is 4.79 Å². The van der Waals surface area contributed by atoms with Gasteiger partial charge in [-0.15, -0.1) is 0 Å². The molecule has 130 valence electrons. The van der Waals surface area contributed by atoms with E-state index in [0.29, 0.717) is 23.1 Å². The maximum Gasteiger partial charge on any atom is 0.226 e. The Morgan fingerprint density at radius 1 is 1.12 bits per heavy atom. The van der Waals surface area contributed by atoms with Gasteiger partial charge in [0.1, 0.15) is 0 Å². The van der Waals surface area contributed by atoms with Gasteiger partial charge < -0.3 is 4.90 Å². The van der Waals surface area contributed by atoms with Crippen LogP contribution >= 0.6 is 23.2 Å². The highest BCUT2D eigenvalue weighted by Crippen LogP contribution is 2.26. The van der Waals surface area contributed by atoms with Crippen molar-refractivity contribution in [1.82, 2.24) is 9.88 Å². The van der Waals surface area contributed by atoms with E-state index in [1.54, 1.807) is 12.3 Å². The number of hydrogen-bond donors (Lipinski definition) is 0. The Hall–Kier alpha value is -1.84. The molecule has 1 aromatic heterocycles. The second kappa shape index (κ2) is 8.50. The van der Waals surface area contributed by atoms with Gasteiger partial charge in [0.25, 0.3) is 0 Å². The van der Waals surface area contributed by atoms with Crippen LogP contribution in [-0.2, 0) is 17.9 Å². The summed E-state index contributed by atoms with van der Waals surface area (Å²) in [5.74, 6) is 0.206. The predicted octanol–water partition coefficient (Wildman–Crippen LogP) is 5.27. The van der Waals surface area contributed by atoms with Crippen molar-refractivity contribution >= 4 is 29.1 Å². The number of amides is 1. The van der Waals surface area contributed by atoms with Crippen LogP contribution in [0, 0.1) is 5.92 Å². The number of benzene rings is 1. The average Bonchev–Trinajstić information content (AvgIpc) is 2.65. The van der Waals surface area contributed by atoms with Crippen LogP contribution < -0.4 is 0 Å². The van der Waals surface area contributed by atoms with E-state index in [1.807, 2.05) is 35.2 Å². The highest BCUT2D eigenvalue weighted by molar-refractivity contribution is 6.42. The number of halogens is 2. The van der Waals surface area contributed by atoms with Gasteiger partial charge >= 0.3 is 0 Å². The van der Waals surface area contributed by atoms with Gasteiger partial charge in [-0.25, -0.2) is 0 Å². The van der Waals surface area contributed by atoms with E-state index in [0.717, 1.165) is 30.5 Å². The summed E-state index contributed by atoms with van der Waals surface area (Å²) < 4.78 is 0. The van der Waals surface area contributed by atoms with Crippen LogP contribution in [0.2, 0.25) is 10.0 Å². The summed E-state index contributed by atoms with van der Waals surface area (Å²) in [6.45, 7) is 0.979. The Kier molecular flexibility index (Phi) is 6.11. The highest BCUT2D eigenvalue weighted by Gasteiger charge is 2.25. The van der Waals surface area contributed by atoms with Crippen LogP contribution in [0.25, 0.3) is 0 Å². The number of pyridine rings is 1. The summed E-state index contributed by atoms with van der Waals surface area (Å²) >= 11 is 12.1. The molecule has 0 saturated carbocycles.